The van der Waals surface area contributed by atoms with Gasteiger partial charge in [-0.15, -0.1) is 0 Å². The lowest BCUT2D eigenvalue weighted by Gasteiger charge is -2.31. The normalized spacial score (nSPS) is 16.0. The lowest BCUT2D eigenvalue weighted by Crippen LogP contribution is -2.44. The number of benzene rings is 2. The van der Waals surface area contributed by atoms with Crippen molar-refractivity contribution >= 4 is 15.9 Å². The Bertz CT molecular complexity index is 1270. The summed E-state index contributed by atoms with van der Waals surface area (Å²) in [6.07, 6.45) is 0.819. The van der Waals surface area contributed by atoms with E-state index in [4.69, 9.17) is 9.47 Å². The van der Waals surface area contributed by atoms with E-state index < -0.39 is 16.1 Å². The van der Waals surface area contributed by atoms with Crippen LogP contribution in [0.4, 0.5) is 0 Å². The Labute approximate surface area is 204 Å². The molecule has 1 amide bonds. The maximum Gasteiger partial charge on any atom is 0.243 e. The number of hydrogen-bond acceptors (Lipinski definition) is 7. The Morgan fingerprint density at radius 2 is 1.77 bits per heavy atom. The van der Waals surface area contributed by atoms with Crippen LogP contribution in [-0.4, -0.2) is 61.1 Å². The van der Waals surface area contributed by atoms with Crippen LogP contribution in [0.15, 0.2) is 53.4 Å². The molecule has 2 aromatic carbocycles. The second kappa shape index (κ2) is 10.4. The first-order valence-corrected chi connectivity index (χ1v) is 12.7. The van der Waals surface area contributed by atoms with Gasteiger partial charge >= 0.3 is 0 Å². The molecule has 0 aliphatic carbocycles. The van der Waals surface area contributed by atoms with Crippen molar-refractivity contribution in [3.63, 3.8) is 0 Å². The summed E-state index contributed by atoms with van der Waals surface area (Å²) in [4.78, 5) is 17.7. The molecule has 1 aliphatic heterocycles. The quantitative estimate of drug-likeness (QED) is 0.487. The van der Waals surface area contributed by atoms with Gasteiger partial charge in [0.15, 0.2) is 17.3 Å². The summed E-state index contributed by atoms with van der Waals surface area (Å²) < 4.78 is 38.2. The summed E-state index contributed by atoms with van der Waals surface area (Å²) in [6, 6.07) is 13.5. The minimum atomic E-state index is -3.73. The molecule has 1 atom stereocenters. The molecule has 35 heavy (non-hydrogen) atoms. The van der Waals surface area contributed by atoms with Crippen LogP contribution in [0.2, 0.25) is 0 Å². The number of aromatic nitrogens is 3. The summed E-state index contributed by atoms with van der Waals surface area (Å²) in [6.45, 7) is 2.28. The predicted molar refractivity (Wildman–Crippen MR) is 129 cm³/mol. The topological polar surface area (TPSA) is 127 Å². The van der Waals surface area contributed by atoms with E-state index in [1.165, 1.54) is 30.7 Å². The number of H-pyrrole nitrogens is 1. The zero-order chi connectivity index (χ0) is 25.0. The van der Waals surface area contributed by atoms with Gasteiger partial charge in [-0.25, -0.2) is 13.4 Å². The Kier molecular flexibility index (Phi) is 7.37. The second-order valence-corrected chi connectivity index (χ2v) is 10.3. The number of amides is 1. The van der Waals surface area contributed by atoms with E-state index in [0.29, 0.717) is 36.0 Å². The number of carbonyl (C=O) groups excluding carboxylic acids is 1. The molecule has 0 saturated carbocycles. The van der Waals surface area contributed by atoms with Crippen molar-refractivity contribution in [2.75, 3.05) is 27.3 Å². The molecule has 0 radical (unpaired) electrons. The summed E-state index contributed by atoms with van der Waals surface area (Å²) in [5.74, 6) is 1.47. The third kappa shape index (κ3) is 5.30. The average Bonchev–Trinajstić information content (AvgIpc) is 3.33. The Balaban J connectivity index is 1.44. The number of rotatable bonds is 8. The number of nitrogens with one attached hydrogen (secondary N) is 2. The average molecular weight is 500 g/mol. The van der Waals surface area contributed by atoms with Crippen LogP contribution in [-0.2, 0) is 14.8 Å². The van der Waals surface area contributed by atoms with Crippen LogP contribution in [0.5, 0.6) is 11.5 Å². The molecule has 1 fully saturated rings. The molecule has 2 heterocycles. The molecule has 1 aliphatic rings. The smallest absolute Gasteiger partial charge is 0.243 e. The maximum atomic E-state index is 13.2. The Morgan fingerprint density at radius 3 is 2.37 bits per heavy atom. The van der Waals surface area contributed by atoms with Gasteiger partial charge in [0, 0.05) is 25.1 Å². The largest absolute Gasteiger partial charge is 0.493 e. The van der Waals surface area contributed by atoms with Crippen molar-refractivity contribution < 1.29 is 22.7 Å². The highest BCUT2D eigenvalue weighted by atomic mass is 32.2. The van der Waals surface area contributed by atoms with E-state index in [2.05, 4.69) is 20.5 Å². The summed E-state index contributed by atoms with van der Waals surface area (Å²) >= 11 is 0. The molecule has 10 nitrogen and oxygen atoms in total. The van der Waals surface area contributed by atoms with Gasteiger partial charge < -0.3 is 14.8 Å². The van der Waals surface area contributed by atoms with Gasteiger partial charge in [0.2, 0.25) is 15.9 Å². The van der Waals surface area contributed by atoms with Gasteiger partial charge in [-0.3, -0.25) is 9.89 Å². The summed E-state index contributed by atoms with van der Waals surface area (Å²) in [7, 11) is -0.780. The van der Waals surface area contributed by atoms with Crippen LogP contribution < -0.4 is 14.8 Å². The fraction of sp³-hybridized carbons (Fsp3) is 0.375. The molecular weight excluding hydrogens is 470 g/mol. The molecule has 1 saturated heterocycles. The van der Waals surface area contributed by atoms with Gasteiger partial charge in [0.1, 0.15) is 11.9 Å². The number of carbonyl (C=O) groups is 1. The van der Waals surface area contributed by atoms with Crippen LogP contribution in [0.1, 0.15) is 36.1 Å². The van der Waals surface area contributed by atoms with E-state index in [9.17, 15) is 13.2 Å². The molecule has 11 heteroatoms. The standard InChI is InChI=1S/C24H29N5O5S/c1-16-25-23(28-27-16)22(17-7-5-4-6-8-17)26-24(30)18-11-13-29(14-12-18)35(31,32)19-9-10-20(33-2)21(15-19)34-3/h4-10,15,18,22H,11-14H2,1-3H3,(H,26,30)(H,25,27,28). The van der Waals surface area contributed by atoms with E-state index in [1.54, 1.807) is 13.0 Å². The van der Waals surface area contributed by atoms with Crippen LogP contribution in [0.25, 0.3) is 0 Å². The molecule has 2 N–H and O–H groups in total. The number of hydrogen-bond donors (Lipinski definition) is 2. The van der Waals surface area contributed by atoms with Gasteiger partial charge in [0.05, 0.1) is 19.1 Å². The van der Waals surface area contributed by atoms with Crippen molar-refractivity contribution in [2.24, 2.45) is 5.92 Å². The molecule has 186 valence electrons. The van der Waals surface area contributed by atoms with E-state index in [-0.39, 0.29) is 29.8 Å². The Hall–Kier alpha value is -3.44. The monoisotopic (exact) mass is 499 g/mol. The fourth-order valence-electron chi connectivity index (χ4n) is 4.18. The number of methoxy groups -OCH3 is 2. The van der Waals surface area contributed by atoms with E-state index in [0.717, 1.165) is 5.56 Å². The van der Waals surface area contributed by atoms with Gasteiger partial charge in [-0.05, 0) is 37.5 Å². The number of nitrogens with zero attached hydrogens (tertiary/aromatic N) is 3. The Morgan fingerprint density at radius 1 is 1.09 bits per heavy atom. The van der Waals surface area contributed by atoms with Gasteiger partial charge in [-0.2, -0.15) is 9.40 Å². The molecule has 4 rings (SSSR count). The molecule has 0 bridgehead atoms. The SMILES string of the molecule is COc1ccc(S(=O)(=O)N2CCC(C(=O)NC(c3ccccc3)c3n[nH]c(C)n3)CC2)cc1OC. The highest BCUT2D eigenvalue weighted by Gasteiger charge is 2.34. The molecular formula is C24H29N5O5S. The van der Waals surface area contributed by atoms with Crippen LogP contribution in [0.3, 0.4) is 0 Å². The zero-order valence-corrected chi connectivity index (χ0v) is 20.7. The minimum Gasteiger partial charge on any atom is -0.493 e. The van der Waals surface area contributed by atoms with E-state index >= 15 is 0 Å². The third-order valence-corrected chi connectivity index (χ3v) is 8.00. The second-order valence-electron chi connectivity index (χ2n) is 8.33. The predicted octanol–water partition coefficient (Wildman–Crippen LogP) is 2.44. The van der Waals surface area contributed by atoms with E-state index in [1.807, 2.05) is 30.3 Å². The molecule has 1 aromatic heterocycles. The number of sulfonamides is 1. The molecule has 1 unspecified atom stereocenters. The molecule has 3 aromatic rings. The van der Waals surface area contributed by atoms with Crippen molar-refractivity contribution in [3.8, 4) is 11.5 Å². The zero-order valence-electron chi connectivity index (χ0n) is 19.9. The first kappa shape index (κ1) is 24.7. The number of aryl methyl sites for hydroxylation is 1. The van der Waals surface area contributed by atoms with Crippen molar-refractivity contribution in [1.29, 1.82) is 0 Å². The van der Waals surface area contributed by atoms with Crippen molar-refractivity contribution in [1.82, 2.24) is 24.8 Å². The minimum absolute atomic E-state index is 0.127. The third-order valence-electron chi connectivity index (χ3n) is 6.11. The number of piperidine rings is 1. The number of ether oxygens (including phenoxy) is 2. The summed E-state index contributed by atoms with van der Waals surface area (Å²) in [5, 5.41) is 10.1. The van der Waals surface area contributed by atoms with Crippen LogP contribution in [0, 0.1) is 12.8 Å². The lowest BCUT2D eigenvalue weighted by molar-refractivity contribution is -0.126. The fourth-order valence-corrected chi connectivity index (χ4v) is 5.66. The first-order chi connectivity index (χ1) is 16.8. The van der Waals surface area contributed by atoms with Gasteiger partial charge in [-0.1, -0.05) is 30.3 Å². The number of aromatic amines is 1. The highest BCUT2D eigenvalue weighted by Crippen LogP contribution is 2.32. The van der Waals surface area contributed by atoms with Crippen molar-refractivity contribution in [2.45, 2.75) is 30.7 Å². The maximum absolute atomic E-state index is 13.2. The lowest BCUT2D eigenvalue weighted by atomic mass is 9.96. The molecule has 0 spiro atoms. The van der Waals surface area contributed by atoms with Gasteiger partial charge in [0.25, 0.3) is 0 Å². The summed E-state index contributed by atoms with van der Waals surface area (Å²) in [5.41, 5.74) is 0.869. The van der Waals surface area contributed by atoms with Crippen LogP contribution >= 0.6 is 0 Å². The first-order valence-electron chi connectivity index (χ1n) is 11.3. The van der Waals surface area contributed by atoms with Crippen molar-refractivity contribution in [3.05, 3.63) is 65.7 Å². The highest BCUT2D eigenvalue weighted by molar-refractivity contribution is 7.89.